The number of amides is 2. The van der Waals surface area contributed by atoms with Gasteiger partial charge in [-0.15, -0.1) is 0 Å². The Labute approximate surface area is 171 Å². The van der Waals surface area contributed by atoms with Gasteiger partial charge in [0.15, 0.2) is 0 Å². The van der Waals surface area contributed by atoms with Crippen LogP contribution >= 0.6 is 0 Å². The molecule has 0 unspecified atom stereocenters. The van der Waals surface area contributed by atoms with Crippen molar-refractivity contribution in [2.45, 2.75) is 39.2 Å². The number of nitrogens with one attached hydrogen (secondary N) is 1. The first-order valence-corrected chi connectivity index (χ1v) is 10.4. The van der Waals surface area contributed by atoms with Crippen molar-refractivity contribution in [3.05, 3.63) is 53.7 Å². The van der Waals surface area contributed by atoms with Gasteiger partial charge in [0, 0.05) is 32.6 Å². The number of hydrogen-bond donors (Lipinski definition) is 1. The fourth-order valence-corrected chi connectivity index (χ4v) is 4.22. The minimum atomic E-state index is -0.326. The number of benzene rings is 1. The quantitative estimate of drug-likeness (QED) is 0.847. The number of aromatic nitrogens is 1. The minimum absolute atomic E-state index is 0.0313. The third-order valence-electron chi connectivity index (χ3n) is 5.78. The van der Waals surface area contributed by atoms with E-state index in [1.807, 2.05) is 43.3 Å². The molecular weight excluding hydrogens is 364 g/mol. The predicted molar refractivity (Wildman–Crippen MR) is 114 cm³/mol. The van der Waals surface area contributed by atoms with Gasteiger partial charge in [0.25, 0.3) is 0 Å². The van der Waals surface area contributed by atoms with Gasteiger partial charge in [-0.3, -0.25) is 9.59 Å². The van der Waals surface area contributed by atoms with Crippen LogP contribution in [0.15, 0.2) is 42.6 Å². The number of nitrogens with zero attached hydrogens (tertiary/aromatic N) is 3. The Morgan fingerprint density at radius 1 is 1.17 bits per heavy atom. The summed E-state index contributed by atoms with van der Waals surface area (Å²) in [5, 5.41) is 2.96. The van der Waals surface area contributed by atoms with Gasteiger partial charge in [0.05, 0.1) is 17.8 Å². The van der Waals surface area contributed by atoms with Crippen molar-refractivity contribution in [1.29, 1.82) is 0 Å². The van der Waals surface area contributed by atoms with E-state index >= 15 is 0 Å². The molecule has 0 bridgehead atoms. The standard InChI is InChI=1S/C23H28N4O2/c1-17-12-20(14-24-22(17)26-10-6-3-7-11-26)25-23(29)19-13-21(28)27(16-19)15-18-8-4-2-5-9-18/h2,4-5,8-9,12,14,19H,3,6-7,10-11,13,15-16H2,1H3,(H,25,29)/t19-/m1/s1. The molecule has 0 aliphatic carbocycles. The molecule has 1 atom stereocenters. The molecule has 0 radical (unpaired) electrons. The van der Waals surface area contributed by atoms with Crippen molar-refractivity contribution in [2.24, 2.45) is 5.92 Å². The smallest absolute Gasteiger partial charge is 0.229 e. The van der Waals surface area contributed by atoms with Crippen LogP contribution < -0.4 is 10.2 Å². The van der Waals surface area contributed by atoms with Crippen LogP contribution in [0.3, 0.4) is 0 Å². The first kappa shape index (κ1) is 19.4. The van der Waals surface area contributed by atoms with Gasteiger partial charge in [-0.05, 0) is 43.4 Å². The lowest BCUT2D eigenvalue weighted by Gasteiger charge is -2.29. The second-order valence-electron chi connectivity index (χ2n) is 8.06. The van der Waals surface area contributed by atoms with Crippen molar-refractivity contribution in [3.8, 4) is 0 Å². The number of hydrogen-bond acceptors (Lipinski definition) is 4. The number of likely N-dealkylation sites (tertiary alicyclic amines) is 1. The van der Waals surface area contributed by atoms with E-state index in [1.165, 1.54) is 19.3 Å². The highest BCUT2D eigenvalue weighted by atomic mass is 16.2. The summed E-state index contributed by atoms with van der Waals surface area (Å²) in [6, 6.07) is 11.9. The maximum atomic E-state index is 12.7. The average Bonchev–Trinajstić information content (AvgIpc) is 3.10. The van der Waals surface area contributed by atoms with E-state index in [0.717, 1.165) is 30.0 Å². The Morgan fingerprint density at radius 3 is 2.66 bits per heavy atom. The first-order chi connectivity index (χ1) is 14.1. The average molecular weight is 393 g/mol. The molecule has 2 aliphatic rings. The molecule has 4 rings (SSSR count). The molecule has 1 N–H and O–H groups in total. The highest BCUT2D eigenvalue weighted by Crippen LogP contribution is 2.25. The summed E-state index contributed by atoms with van der Waals surface area (Å²) >= 11 is 0. The number of anilines is 2. The molecule has 2 amide bonds. The van der Waals surface area contributed by atoms with E-state index < -0.39 is 0 Å². The summed E-state index contributed by atoms with van der Waals surface area (Å²) < 4.78 is 0. The Bertz CT molecular complexity index is 878. The lowest BCUT2D eigenvalue weighted by Crippen LogP contribution is -2.31. The van der Waals surface area contributed by atoms with Crippen molar-refractivity contribution >= 4 is 23.3 Å². The van der Waals surface area contributed by atoms with E-state index in [1.54, 1.807) is 11.1 Å². The van der Waals surface area contributed by atoms with Gasteiger partial charge in [-0.2, -0.15) is 0 Å². The van der Waals surface area contributed by atoms with Gasteiger partial charge < -0.3 is 15.1 Å². The summed E-state index contributed by atoms with van der Waals surface area (Å²) in [6.45, 7) is 5.13. The lowest BCUT2D eigenvalue weighted by atomic mass is 10.1. The first-order valence-electron chi connectivity index (χ1n) is 10.4. The SMILES string of the molecule is Cc1cc(NC(=O)[C@@H]2CC(=O)N(Cc3ccccc3)C2)cnc1N1CCCCC1. The molecule has 3 heterocycles. The zero-order chi connectivity index (χ0) is 20.2. The van der Waals surface area contributed by atoms with Crippen LogP contribution in [0, 0.1) is 12.8 Å². The third kappa shape index (κ3) is 4.58. The van der Waals surface area contributed by atoms with Crippen molar-refractivity contribution < 1.29 is 9.59 Å². The molecule has 152 valence electrons. The van der Waals surface area contributed by atoms with E-state index in [9.17, 15) is 9.59 Å². The van der Waals surface area contributed by atoms with Crippen LogP contribution in [0.1, 0.15) is 36.8 Å². The lowest BCUT2D eigenvalue weighted by molar-refractivity contribution is -0.128. The number of carbonyl (C=O) groups is 2. The molecule has 2 fully saturated rings. The maximum Gasteiger partial charge on any atom is 0.229 e. The highest BCUT2D eigenvalue weighted by Gasteiger charge is 2.34. The van der Waals surface area contributed by atoms with Crippen LogP contribution in [0.5, 0.6) is 0 Å². The Balaban J connectivity index is 1.36. The molecule has 6 nitrogen and oxygen atoms in total. The molecule has 2 aromatic rings. The van der Waals surface area contributed by atoms with Gasteiger partial charge in [-0.1, -0.05) is 30.3 Å². The van der Waals surface area contributed by atoms with Crippen LogP contribution in [0.4, 0.5) is 11.5 Å². The van der Waals surface area contributed by atoms with Gasteiger partial charge >= 0.3 is 0 Å². The molecule has 1 aromatic carbocycles. The number of aryl methyl sites for hydroxylation is 1. The molecular formula is C23H28N4O2. The Morgan fingerprint density at radius 2 is 1.93 bits per heavy atom. The summed E-state index contributed by atoms with van der Waals surface area (Å²) in [7, 11) is 0. The van der Waals surface area contributed by atoms with Crippen LogP contribution in [0.2, 0.25) is 0 Å². The Kier molecular flexibility index (Phi) is 5.79. The molecule has 0 spiro atoms. The van der Waals surface area contributed by atoms with E-state index in [2.05, 4.69) is 15.2 Å². The molecule has 1 aromatic heterocycles. The number of rotatable bonds is 5. The summed E-state index contributed by atoms with van der Waals surface area (Å²) in [4.78, 5) is 33.8. The van der Waals surface area contributed by atoms with Gasteiger partial charge in [0.1, 0.15) is 5.82 Å². The van der Waals surface area contributed by atoms with Crippen LogP contribution in [0.25, 0.3) is 0 Å². The van der Waals surface area contributed by atoms with Gasteiger partial charge in [-0.25, -0.2) is 4.98 Å². The zero-order valence-corrected chi connectivity index (χ0v) is 16.9. The molecule has 6 heteroatoms. The molecule has 2 aliphatic heterocycles. The van der Waals surface area contributed by atoms with Gasteiger partial charge in [0.2, 0.25) is 11.8 Å². The van der Waals surface area contributed by atoms with Crippen molar-refractivity contribution in [3.63, 3.8) is 0 Å². The monoisotopic (exact) mass is 392 g/mol. The van der Waals surface area contributed by atoms with Crippen LogP contribution in [-0.4, -0.2) is 41.3 Å². The van der Waals surface area contributed by atoms with E-state index in [0.29, 0.717) is 18.8 Å². The largest absolute Gasteiger partial charge is 0.356 e. The Hall–Kier alpha value is -2.89. The maximum absolute atomic E-state index is 12.7. The fourth-order valence-electron chi connectivity index (χ4n) is 4.22. The molecule has 2 saturated heterocycles. The van der Waals surface area contributed by atoms with Crippen LogP contribution in [-0.2, 0) is 16.1 Å². The normalized spacial score (nSPS) is 19.5. The van der Waals surface area contributed by atoms with Crippen molar-refractivity contribution in [1.82, 2.24) is 9.88 Å². The van der Waals surface area contributed by atoms with E-state index in [-0.39, 0.29) is 24.2 Å². The zero-order valence-electron chi connectivity index (χ0n) is 16.9. The summed E-state index contributed by atoms with van der Waals surface area (Å²) in [5.74, 6) is 0.602. The van der Waals surface area contributed by atoms with Crippen molar-refractivity contribution in [2.75, 3.05) is 29.9 Å². The topological polar surface area (TPSA) is 65.5 Å². The number of pyridine rings is 1. The third-order valence-corrected chi connectivity index (χ3v) is 5.78. The summed E-state index contributed by atoms with van der Waals surface area (Å²) in [5.41, 5.74) is 2.84. The van der Waals surface area contributed by atoms with E-state index in [4.69, 9.17) is 0 Å². The second kappa shape index (κ2) is 8.64. The predicted octanol–water partition coefficient (Wildman–Crippen LogP) is 3.37. The number of carbonyl (C=O) groups excluding carboxylic acids is 2. The minimum Gasteiger partial charge on any atom is -0.356 e. The molecule has 0 saturated carbocycles. The highest BCUT2D eigenvalue weighted by molar-refractivity contribution is 5.97. The fraction of sp³-hybridized carbons (Fsp3) is 0.435. The number of piperidine rings is 1. The second-order valence-corrected chi connectivity index (χ2v) is 8.06. The summed E-state index contributed by atoms with van der Waals surface area (Å²) in [6.07, 6.45) is 5.68. The molecule has 29 heavy (non-hydrogen) atoms.